The van der Waals surface area contributed by atoms with Gasteiger partial charge in [-0.3, -0.25) is 0 Å². The van der Waals surface area contributed by atoms with Gasteiger partial charge in [0.05, 0.1) is 12.8 Å². The maximum absolute atomic E-state index is 13.2. The molecule has 1 rings (SSSR count). The maximum atomic E-state index is 13.2. The van der Waals surface area contributed by atoms with Crippen molar-refractivity contribution in [3.8, 4) is 0 Å². The second kappa shape index (κ2) is 10.1. The molecular formula is C15H26FIN4O2S. The quantitative estimate of drug-likeness (QED) is 0.321. The SMILES string of the molecule is CCNC(=NCc1cccc(F)c1)NCC(C)(C)NS(C)(=O)=O.I. The predicted molar refractivity (Wildman–Crippen MR) is 107 cm³/mol. The molecule has 6 nitrogen and oxygen atoms in total. The summed E-state index contributed by atoms with van der Waals surface area (Å²) in [6.07, 6.45) is 1.12. The molecule has 0 amide bonds. The van der Waals surface area contributed by atoms with Gasteiger partial charge in [0, 0.05) is 18.6 Å². The molecule has 0 saturated carbocycles. The Hall–Kier alpha value is -0.940. The van der Waals surface area contributed by atoms with Crippen LogP contribution in [0.15, 0.2) is 29.3 Å². The Balaban J connectivity index is 0.00000529. The molecule has 1 aromatic carbocycles. The van der Waals surface area contributed by atoms with Crippen LogP contribution in [0.4, 0.5) is 4.39 Å². The van der Waals surface area contributed by atoms with Crippen LogP contribution in [-0.2, 0) is 16.6 Å². The molecule has 0 spiro atoms. The first kappa shape index (κ1) is 23.1. The van der Waals surface area contributed by atoms with Crippen LogP contribution in [0.1, 0.15) is 26.3 Å². The molecule has 0 unspecified atom stereocenters. The van der Waals surface area contributed by atoms with Crippen LogP contribution in [0.2, 0.25) is 0 Å². The minimum atomic E-state index is -3.29. The lowest BCUT2D eigenvalue weighted by Gasteiger charge is -2.26. The van der Waals surface area contributed by atoms with Crippen molar-refractivity contribution in [3.05, 3.63) is 35.6 Å². The molecule has 0 bridgehead atoms. The average Bonchev–Trinajstić information content (AvgIpc) is 2.39. The zero-order valence-corrected chi connectivity index (χ0v) is 17.5. The fraction of sp³-hybridized carbons (Fsp3) is 0.533. The lowest BCUT2D eigenvalue weighted by molar-refractivity contribution is 0.446. The normalized spacial score (nSPS) is 12.5. The van der Waals surface area contributed by atoms with Crippen molar-refractivity contribution in [2.75, 3.05) is 19.3 Å². The molecule has 0 aliphatic carbocycles. The fourth-order valence-corrected chi connectivity index (χ4v) is 3.07. The monoisotopic (exact) mass is 472 g/mol. The zero-order valence-electron chi connectivity index (χ0n) is 14.4. The Morgan fingerprint density at radius 2 is 1.96 bits per heavy atom. The summed E-state index contributed by atoms with van der Waals surface area (Å²) in [7, 11) is -3.29. The van der Waals surface area contributed by atoms with Gasteiger partial charge in [-0.15, -0.1) is 24.0 Å². The van der Waals surface area contributed by atoms with E-state index >= 15 is 0 Å². The van der Waals surface area contributed by atoms with E-state index in [-0.39, 0.29) is 29.8 Å². The van der Waals surface area contributed by atoms with E-state index in [0.717, 1.165) is 11.8 Å². The van der Waals surface area contributed by atoms with Crippen molar-refractivity contribution in [1.82, 2.24) is 15.4 Å². The van der Waals surface area contributed by atoms with Gasteiger partial charge in [-0.2, -0.15) is 0 Å². The number of sulfonamides is 1. The van der Waals surface area contributed by atoms with E-state index in [2.05, 4.69) is 20.3 Å². The van der Waals surface area contributed by atoms with E-state index in [9.17, 15) is 12.8 Å². The van der Waals surface area contributed by atoms with Crippen LogP contribution < -0.4 is 15.4 Å². The van der Waals surface area contributed by atoms with Crippen LogP contribution in [-0.4, -0.2) is 39.3 Å². The first-order chi connectivity index (χ1) is 10.6. The van der Waals surface area contributed by atoms with Crippen LogP contribution in [0, 0.1) is 5.82 Å². The molecule has 0 radical (unpaired) electrons. The summed E-state index contributed by atoms with van der Waals surface area (Å²) in [4.78, 5) is 4.37. The van der Waals surface area contributed by atoms with Gasteiger partial charge in [0.25, 0.3) is 0 Å². The van der Waals surface area contributed by atoms with Gasteiger partial charge < -0.3 is 10.6 Å². The molecule has 0 aromatic heterocycles. The molecule has 1 aromatic rings. The zero-order chi connectivity index (χ0) is 17.5. The summed E-state index contributed by atoms with van der Waals surface area (Å²) in [5.74, 6) is 0.245. The van der Waals surface area contributed by atoms with Gasteiger partial charge in [0.1, 0.15) is 5.82 Å². The molecule has 0 aliphatic heterocycles. The van der Waals surface area contributed by atoms with E-state index in [1.54, 1.807) is 26.0 Å². The standard InChI is InChI=1S/C15H25FN4O2S.HI/c1-5-17-14(18-10-12-7-6-8-13(16)9-12)19-11-15(2,3)20-23(4,21)22;/h6-9,20H,5,10-11H2,1-4H3,(H2,17,18,19);1H. The summed E-state index contributed by atoms with van der Waals surface area (Å²) in [5.41, 5.74) is 0.0959. The van der Waals surface area contributed by atoms with E-state index in [0.29, 0.717) is 25.6 Å². The van der Waals surface area contributed by atoms with Crippen molar-refractivity contribution in [2.24, 2.45) is 4.99 Å². The predicted octanol–water partition coefficient (Wildman–Crippen LogP) is 1.83. The molecule has 0 heterocycles. The van der Waals surface area contributed by atoms with Crippen molar-refractivity contribution >= 4 is 40.0 Å². The minimum absolute atomic E-state index is 0. The van der Waals surface area contributed by atoms with Crippen molar-refractivity contribution in [1.29, 1.82) is 0 Å². The van der Waals surface area contributed by atoms with Crippen molar-refractivity contribution in [2.45, 2.75) is 32.9 Å². The lowest BCUT2D eigenvalue weighted by atomic mass is 10.1. The number of rotatable bonds is 7. The second-order valence-corrected chi connectivity index (χ2v) is 7.69. The molecule has 0 saturated heterocycles. The number of benzene rings is 1. The highest BCUT2D eigenvalue weighted by Gasteiger charge is 2.22. The molecule has 138 valence electrons. The van der Waals surface area contributed by atoms with Crippen LogP contribution in [0.3, 0.4) is 0 Å². The van der Waals surface area contributed by atoms with Gasteiger partial charge in [0.2, 0.25) is 10.0 Å². The fourth-order valence-electron chi connectivity index (χ4n) is 1.99. The van der Waals surface area contributed by atoms with Gasteiger partial charge in [-0.25, -0.2) is 22.5 Å². The maximum Gasteiger partial charge on any atom is 0.209 e. The molecule has 0 atom stereocenters. The number of hydrogen-bond acceptors (Lipinski definition) is 3. The second-order valence-electron chi connectivity index (χ2n) is 5.94. The summed E-state index contributed by atoms with van der Waals surface area (Å²) in [5, 5.41) is 6.16. The van der Waals surface area contributed by atoms with Gasteiger partial charge in [0.15, 0.2) is 5.96 Å². The molecular weight excluding hydrogens is 446 g/mol. The van der Waals surface area contributed by atoms with Gasteiger partial charge in [-0.05, 0) is 38.5 Å². The van der Waals surface area contributed by atoms with Crippen LogP contribution in [0.25, 0.3) is 0 Å². The van der Waals surface area contributed by atoms with E-state index in [1.807, 2.05) is 6.92 Å². The summed E-state index contributed by atoms with van der Waals surface area (Å²) in [6.45, 7) is 6.82. The largest absolute Gasteiger partial charge is 0.357 e. The first-order valence-corrected chi connectivity index (χ1v) is 9.26. The van der Waals surface area contributed by atoms with E-state index in [4.69, 9.17) is 0 Å². The molecule has 0 aliphatic rings. The molecule has 24 heavy (non-hydrogen) atoms. The Morgan fingerprint density at radius 1 is 1.29 bits per heavy atom. The smallest absolute Gasteiger partial charge is 0.209 e. The third kappa shape index (κ3) is 10.0. The van der Waals surface area contributed by atoms with Crippen LogP contribution >= 0.6 is 24.0 Å². The van der Waals surface area contributed by atoms with Gasteiger partial charge >= 0.3 is 0 Å². The number of guanidine groups is 1. The minimum Gasteiger partial charge on any atom is -0.357 e. The first-order valence-electron chi connectivity index (χ1n) is 7.37. The summed E-state index contributed by atoms with van der Waals surface area (Å²) >= 11 is 0. The molecule has 9 heteroatoms. The Kier molecular flexibility index (Phi) is 9.74. The number of hydrogen-bond donors (Lipinski definition) is 3. The summed E-state index contributed by atoms with van der Waals surface area (Å²) < 4.78 is 38.4. The van der Waals surface area contributed by atoms with E-state index < -0.39 is 15.6 Å². The number of aliphatic imine (C=N–C) groups is 1. The highest BCUT2D eigenvalue weighted by atomic mass is 127. The number of nitrogens with zero attached hydrogens (tertiary/aromatic N) is 1. The molecule has 0 fully saturated rings. The number of halogens is 2. The van der Waals surface area contributed by atoms with Crippen molar-refractivity contribution < 1.29 is 12.8 Å². The van der Waals surface area contributed by atoms with Crippen LogP contribution in [0.5, 0.6) is 0 Å². The topological polar surface area (TPSA) is 82.6 Å². The third-order valence-corrected chi connectivity index (χ3v) is 3.74. The Morgan fingerprint density at radius 3 is 2.50 bits per heavy atom. The van der Waals surface area contributed by atoms with Crippen molar-refractivity contribution in [3.63, 3.8) is 0 Å². The molecule has 3 N–H and O–H groups in total. The average molecular weight is 472 g/mol. The van der Waals surface area contributed by atoms with Gasteiger partial charge in [-0.1, -0.05) is 12.1 Å². The van der Waals surface area contributed by atoms with E-state index in [1.165, 1.54) is 12.1 Å². The summed E-state index contributed by atoms with van der Waals surface area (Å²) in [6, 6.07) is 6.25. The number of nitrogens with one attached hydrogen (secondary N) is 3. The Labute approximate surface area is 160 Å². The highest BCUT2D eigenvalue weighted by molar-refractivity contribution is 14.0. The third-order valence-electron chi connectivity index (χ3n) is 2.81. The Bertz CT molecular complexity index is 651. The highest BCUT2D eigenvalue weighted by Crippen LogP contribution is 2.05. The lowest BCUT2D eigenvalue weighted by Crippen LogP contribution is -2.53.